The predicted octanol–water partition coefficient (Wildman–Crippen LogP) is 4.82. The van der Waals surface area contributed by atoms with E-state index in [1.54, 1.807) is 42.5 Å². The van der Waals surface area contributed by atoms with Gasteiger partial charge in [0.2, 0.25) is 10.0 Å². The number of furan rings is 1. The summed E-state index contributed by atoms with van der Waals surface area (Å²) in [6.45, 7) is -0.0303. The van der Waals surface area contributed by atoms with Crippen LogP contribution in [-0.2, 0) is 32.7 Å². The molecule has 0 atom stereocenters. The Kier molecular flexibility index (Phi) is 7.27. The van der Waals surface area contributed by atoms with Crippen LogP contribution in [0.25, 0.3) is 17.3 Å². The summed E-state index contributed by atoms with van der Waals surface area (Å²) < 4.78 is 42.7. The van der Waals surface area contributed by atoms with Crippen LogP contribution in [0.5, 0.6) is 0 Å². The fraction of sp³-hybridized carbons (Fsp3) is 0.0833. The van der Waals surface area contributed by atoms with E-state index in [4.69, 9.17) is 25.3 Å². The summed E-state index contributed by atoms with van der Waals surface area (Å²) in [7, 11) is -3.69. The molecule has 0 aliphatic heterocycles. The molecule has 8 nitrogen and oxygen atoms in total. The largest absolute Gasteiger partial charge is 0.468 e. The van der Waals surface area contributed by atoms with E-state index in [1.165, 1.54) is 30.5 Å². The SMILES string of the molecule is O=C(/C=C/c1ccc(S(=O)(=O)NCc2ccco2)cc1)OCc1cc(-c2ccc(Cl)cc2)no1. The van der Waals surface area contributed by atoms with Crippen LogP contribution in [0.2, 0.25) is 5.02 Å². The summed E-state index contributed by atoms with van der Waals surface area (Å²) in [4.78, 5) is 12.1. The van der Waals surface area contributed by atoms with Crippen LogP contribution in [-0.4, -0.2) is 19.5 Å². The van der Waals surface area contributed by atoms with E-state index in [0.717, 1.165) is 5.56 Å². The Labute approximate surface area is 200 Å². The Morgan fingerprint density at radius 2 is 1.82 bits per heavy atom. The van der Waals surface area contributed by atoms with Gasteiger partial charge in [-0.05, 0) is 48.0 Å². The highest BCUT2D eigenvalue weighted by molar-refractivity contribution is 7.89. The number of benzene rings is 2. The number of ether oxygens (including phenoxy) is 1. The molecule has 0 unspecified atom stereocenters. The molecular formula is C24H19ClN2O6S. The summed E-state index contributed by atoms with van der Waals surface area (Å²) in [5.74, 6) is 0.317. The van der Waals surface area contributed by atoms with E-state index < -0.39 is 16.0 Å². The predicted molar refractivity (Wildman–Crippen MR) is 125 cm³/mol. The van der Waals surface area contributed by atoms with Crippen LogP contribution < -0.4 is 4.72 Å². The topological polar surface area (TPSA) is 112 Å². The minimum absolute atomic E-state index is 0.0508. The van der Waals surface area contributed by atoms with Gasteiger partial charge in [-0.3, -0.25) is 0 Å². The number of carbonyl (C=O) groups excluding carboxylic acids is 1. The molecule has 34 heavy (non-hydrogen) atoms. The maximum atomic E-state index is 12.4. The van der Waals surface area contributed by atoms with Crippen molar-refractivity contribution in [1.29, 1.82) is 0 Å². The first-order chi connectivity index (χ1) is 16.4. The molecule has 0 bridgehead atoms. The van der Waals surface area contributed by atoms with E-state index in [2.05, 4.69) is 9.88 Å². The third-order valence-corrected chi connectivity index (χ3v) is 6.34. The van der Waals surface area contributed by atoms with Gasteiger partial charge in [0.15, 0.2) is 12.4 Å². The molecule has 0 radical (unpaired) electrons. The third kappa shape index (κ3) is 6.22. The van der Waals surface area contributed by atoms with E-state index in [-0.39, 0.29) is 18.0 Å². The number of esters is 1. The van der Waals surface area contributed by atoms with Crippen LogP contribution in [0.15, 0.2) is 92.9 Å². The second-order valence-electron chi connectivity index (χ2n) is 7.10. The van der Waals surface area contributed by atoms with Crippen molar-refractivity contribution in [2.75, 3.05) is 0 Å². The summed E-state index contributed by atoms with van der Waals surface area (Å²) in [5.41, 5.74) is 2.06. The van der Waals surface area contributed by atoms with Crippen LogP contribution in [0.4, 0.5) is 0 Å². The maximum absolute atomic E-state index is 12.4. The molecule has 0 saturated heterocycles. The van der Waals surface area contributed by atoms with Crippen molar-refractivity contribution in [3.8, 4) is 11.3 Å². The van der Waals surface area contributed by atoms with Crippen molar-refractivity contribution >= 4 is 33.7 Å². The summed E-state index contributed by atoms with van der Waals surface area (Å²) >= 11 is 5.88. The van der Waals surface area contributed by atoms with Gasteiger partial charge >= 0.3 is 5.97 Å². The van der Waals surface area contributed by atoms with Crippen molar-refractivity contribution in [1.82, 2.24) is 9.88 Å². The van der Waals surface area contributed by atoms with Crippen LogP contribution in [0, 0.1) is 0 Å². The summed E-state index contributed by atoms with van der Waals surface area (Å²) in [5, 5.41) is 4.57. The quantitative estimate of drug-likeness (QED) is 0.260. The Morgan fingerprint density at radius 1 is 1.06 bits per heavy atom. The van der Waals surface area contributed by atoms with Gasteiger partial charge in [-0.1, -0.05) is 41.0 Å². The van der Waals surface area contributed by atoms with Gasteiger partial charge in [-0.25, -0.2) is 17.9 Å². The molecule has 0 spiro atoms. The highest BCUT2D eigenvalue weighted by Crippen LogP contribution is 2.21. The molecular weight excluding hydrogens is 480 g/mol. The van der Waals surface area contributed by atoms with Gasteiger partial charge in [-0.15, -0.1) is 0 Å². The lowest BCUT2D eigenvalue weighted by Gasteiger charge is -2.05. The number of aromatic nitrogens is 1. The Bertz CT molecular complexity index is 1380. The Morgan fingerprint density at radius 3 is 2.53 bits per heavy atom. The standard InChI is InChI=1S/C24H19ClN2O6S/c25-19-8-6-18(7-9-19)23-14-21(33-27-23)16-32-24(28)12-5-17-3-10-22(11-4-17)34(29,30)26-15-20-2-1-13-31-20/h1-14,26H,15-16H2/b12-5+. The molecule has 0 aliphatic rings. The van der Waals surface area contributed by atoms with Gasteiger partial charge < -0.3 is 13.7 Å². The molecule has 1 N–H and O–H groups in total. The molecule has 10 heteroatoms. The highest BCUT2D eigenvalue weighted by Gasteiger charge is 2.14. The number of nitrogens with one attached hydrogen (secondary N) is 1. The lowest BCUT2D eigenvalue weighted by atomic mass is 10.1. The van der Waals surface area contributed by atoms with E-state index in [0.29, 0.717) is 27.8 Å². The van der Waals surface area contributed by atoms with Crippen molar-refractivity contribution in [3.05, 3.63) is 101 Å². The van der Waals surface area contributed by atoms with Crippen molar-refractivity contribution in [3.63, 3.8) is 0 Å². The Hall–Kier alpha value is -3.66. The van der Waals surface area contributed by atoms with E-state index in [9.17, 15) is 13.2 Å². The van der Waals surface area contributed by atoms with Gasteiger partial charge in [-0.2, -0.15) is 0 Å². The van der Waals surface area contributed by atoms with Crippen LogP contribution >= 0.6 is 11.6 Å². The average Bonchev–Trinajstić information content (AvgIpc) is 3.53. The van der Waals surface area contributed by atoms with Crippen molar-refractivity contribution < 1.29 is 26.9 Å². The fourth-order valence-corrected chi connectivity index (χ4v) is 4.03. The lowest BCUT2D eigenvalue weighted by molar-refractivity contribution is -0.139. The average molecular weight is 499 g/mol. The number of carbonyl (C=O) groups is 1. The summed E-state index contributed by atoms with van der Waals surface area (Å²) in [6, 6.07) is 18.2. The molecule has 0 saturated carbocycles. The summed E-state index contributed by atoms with van der Waals surface area (Å²) in [6.07, 6.45) is 4.24. The number of hydrogen-bond donors (Lipinski definition) is 1. The molecule has 174 valence electrons. The Balaban J connectivity index is 1.29. The number of sulfonamides is 1. The molecule has 0 aliphatic carbocycles. The van der Waals surface area contributed by atoms with Gasteiger partial charge in [0.1, 0.15) is 11.5 Å². The molecule has 2 heterocycles. The monoisotopic (exact) mass is 498 g/mol. The van der Waals surface area contributed by atoms with Crippen molar-refractivity contribution in [2.45, 2.75) is 18.0 Å². The van der Waals surface area contributed by atoms with Gasteiger partial charge in [0, 0.05) is 22.7 Å². The smallest absolute Gasteiger partial charge is 0.331 e. The molecule has 2 aromatic carbocycles. The molecule has 4 rings (SSSR count). The first-order valence-electron chi connectivity index (χ1n) is 10.1. The first-order valence-corrected chi connectivity index (χ1v) is 11.9. The zero-order chi connectivity index (χ0) is 24.0. The number of halogens is 1. The lowest BCUT2D eigenvalue weighted by Crippen LogP contribution is -2.22. The second kappa shape index (κ2) is 10.5. The molecule has 0 fully saturated rings. The number of rotatable bonds is 9. The maximum Gasteiger partial charge on any atom is 0.331 e. The first kappa shape index (κ1) is 23.5. The van der Waals surface area contributed by atoms with Crippen LogP contribution in [0.1, 0.15) is 17.1 Å². The van der Waals surface area contributed by atoms with Crippen molar-refractivity contribution in [2.24, 2.45) is 0 Å². The van der Waals surface area contributed by atoms with E-state index >= 15 is 0 Å². The van der Waals surface area contributed by atoms with E-state index in [1.807, 2.05) is 12.1 Å². The third-order valence-electron chi connectivity index (χ3n) is 4.67. The normalized spacial score (nSPS) is 11.7. The zero-order valence-corrected chi connectivity index (χ0v) is 19.3. The zero-order valence-electron chi connectivity index (χ0n) is 17.7. The fourth-order valence-electron chi connectivity index (χ4n) is 2.91. The highest BCUT2D eigenvalue weighted by atomic mass is 35.5. The molecule has 2 aromatic heterocycles. The molecule has 0 amide bonds. The number of hydrogen-bond acceptors (Lipinski definition) is 7. The van der Waals surface area contributed by atoms with Crippen LogP contribution in [0.3, 0.4) is 0 Å². The van der Waals surface area contributed by atoms with Gasteiger partial charge in [0.25, 0.3) is 0 Å². The second-order valence-corrected chi connectivity index (χ2v) is 9.30. The minimum Gasteiger partial charge on any atom is -0.468 e. The van der Waals surface area contributed by atoms with Gasteiger partial charge in [0.05, 0.1) is 17.7 Å². The minimum atomic E-state index is -3.69. The number of nitrogens with zero attached hydrogens (tertiary/aromatic N) is 1. The molecule has 4 aromatic rings.